The summed E-state index contributed by atoms with van der Waals surface area (Å²) in [6.07, 6.45) is 4.07. The van der Waals surface area contributed by atoms with Crippen LogP contribution in [-0.2, 0) is 11.3 Å². The molecule has 134 valence electrons. The molecule has 0 radical (unpaired) electrons. The van der Waals surface area contributed by atoms with Crippen LogP contribution >= 0.6 is 0 Å². The third-order valence-electron chi connectivity index (χ3n) is 5.03. The summed E-state index contributed by atoms with van der Waals surface area (Å²) in [6.45, 7) is 1.88. The largest absolute Gasteiger partial charge is 0.342 e. The minimum atomic E-state index is -0.0703. The molecule has 0 saturated carbocycles. The maximum atomic E-state index is 12.6. The first-order valence-electron chi connectivity index (χ1n) is 9.08. The molecule has 1 fully saturated rings. The lowest BCUT2D eigenvalue weighted by Gasteiger charge is -2.32. The number of likely N-dealkylation sites (tertiary alicyclic amines) is 1. The van der Waals surface area contributed by atoms with Gasteiger partial charge in [-0.15, -0.1) is 0 Å². The molecule has 26 heavy (non-hydrogen) atoms. The molecule has 6 heteroatoms. The molecule has 1 saturated heterocycles. The Balaban J connectivity index is 1.42. The monoisotopic (exact) mass is 350 g/mol. The number of imidazole rings is 1. The van der Waals surface area contributed by atoms with E-state index in [1.165, 1.54) is 6.07 Å². The molecule has 1 atom stereocenters. The summed E-state index contributed by atoms with van der Waals surface area (Å²) in [7, 11) is 0. The van der Waals surface area contributed by atoms with Gasteiger partial charge >= 0.3 is 0 Å². The highest BCUT2D eigenvalue weighted by molar-refractivity contribution is 5.76. The van der Waals surface area contributed by atoms with Gasteiger partial charge in [-0.25, -0.2) is 4.98 Å². The number of rotatable bonds is 4. The van der Waals surface area contributed by atoms with Gasteiger partial charge in [-0.05, 0) is 31.0 Å². The number of carbonyl (C=O) groups is 1. The van der Waals surface area contributed by atoms with Crippen LogP contribution in [-0.4, -0.2) is 38.4 Å². The number of para-hydroxylation sites is 2. The number of piperidine rings is 1. The normalized spacial score (nSPS) is 17.5. The van der Waals surface area contributed by atoms with Gasteiger partial charge in [0, 0.05) is 44.2 Å². The lowest BCUT2D eigenvalue weighted by molar-refractivity contribution is -0.132. The van der Waals surface area contributed by atoms with Crippen LogP contribution in [0.1, 0.15) is 31.0 Å². The number of H-pyrrole nitrogens is 1. The fourth-order valence-electron chi connectivity index (χ4n) is 3.61. The van der Waals surface area contributed by atoms with Crippen molar-refractivity contribution in [2.24, 2.45) is 0 Å². The maximum absolute atomic E-state index is 12.6. The number of hydrogen-bond acceptors (Lipinski definition) is 3. The molecular formula is C20H22N4O2. The van der Waals surface area contributed by atoms with E-state index in [0.29, 0.717) is 19.5 Å². The molecule has 1 N–H and O–H groups in total. The van der Waals surface area contributed by atoms with Crippen molar-refractivity contribution < 1.29 is 4.79 Å². The molecule has 3 heterocycles. The van der Waals surface area contributed by atoms with Crippen molar-refractivity contribution in [2.75, 3.05) is 13.1 Å². The van der Waals surface area contributed by atoms with E-state index in [-0.39, 0.29) is 17.4 Å². The summed E-state index contributed by atoms with van der Waals surface area (Å²) >= 11 is 0. The highest BCUT2D eigenvalue weighted by atomic mass is 16.2. The van der Waals surface area contributed by atoms with Gasteiger partial charge in [0.15, 0.2) is 0 Å². The zero-order chi connectivity index (χ0) is 17.9. The number of fused-ring (bicyclic) bond motifs is 1. The van der Waals surface area contributed by atoms with E-state index in [1.54, 1.807) is 16.8 Å². The van der Waals surface area contributed by atoms with Crippen LogP contribution in [0.4, 0.5) is 0 Å². The number of aryl methyl sites for hydroxylation is 1. The molecule has 1 aromatic carbocycles. The second-order valence-electron chi connectivity index (χ2n) is 6.80. The van der Waals surface area contributed by atoms with Crippen LogP contribution in [0.25, 0.3) is 11.0 Å². The number of amides is 1. The predicted molar refractivity (Wildman–Crippen MR) is 100.0 cm³/mol. The number of nitrogens with zero attached hydrogens (tertiary/aromatic N) is 3. The number of aromatic nitrogens is 3. The van der Waals surface area contributed by atoms with Gasteiger partial charge in [0.25, 0.3) is 5.56 Å². The van der Waals surface area contributed by atoms with Crippen LogP contribution in [0.3, 0.4) is 0 Å². The first-order chi connectivity index (χ1) is 12.7. The highest BCUT2D eigenvalue weighted by Crippen LogP contribution is 2.27. The molecule has 3 aromatic rings. The van der Waals surface area contributed by atoms with Crippen LogP contribution in [0.2, 0.25) is 0 Å². The van der Waals surface area contributed by atoms with Gasteiger partial charge < -0.3 is 14.5 Å². The average molecular weight is 350 g/mol. The molecule has 6 nitrogen and oxygen atoms in total. The number of benzene rings is 1. The minimum absolute atomic E-state index is 0.0703. The van der Waals surface area contributed by atoms with Gasteiger partial charge in [0.05, 0.1) is 11.0 Å². The first kappa shape index (κ1) is 16.6. The minimum Gasteiger partial charge on any atom is -0.342 e. The van der Waals surface area contributed by atoms with E-state index < -0.39 is 0 Å². The van der Waals surface area contributed by atoms with Crippen molar-refractivity contribution in [2.45, 2.75) is 31.7 Å². The molecule has 1 amide bonds. The Morgan fingerprint density at radius 2 is 2.04 bits per heavy atom. The van der Waals surface area contributed by atoms with E-state index in [4.69, 9.17) is 4.98 Å². The molecule has 0 spiro atoms. The van der Waals surface area contributed by atoms with E-state index in [9.17, 15) is 9.59 Å². The van der Waals surface area contributed by atoms with Crippen LogP contribution in [0.5, 0.6) is 0 Å². The summed E-state index contributed by atoms with van der Waals surface area (Å²) < 4.78 is 1.58. The van der Waals surface area contributed by atoms with Crippen molar-refractivity contribution in [3.8, 4) is 0 Å². The lowest BCUT2D eigenvalue weighted by Crippen LogP contribution is -2.40. The van der Waals surface area contributed by atoms with Crippen molar-refractivity contribution in [1.29, 1.82) is 0 Å². The molecule has 0 bridgehead atoms. The van der Waals surface area contributed by atoms with E-state index >= 15 is 0 Å². The number of hydrogen-bond donors (Lipinski definition) is 1. The summed E-state index contributed by atoms with van der Waals surface area (Å²) in [6, 6.07) is 13.0. The van der Waals surface area contributed by atoms with Gasteiger partial charge in [0.1, 0.15) is 5.82 Å². The van der Waals surface area contributed by atoms with Crippen LogP contribution < -0.4 is 5.56 Å². The Bertz CT molecular complexity index is 942. The van der Waals surface area contributed by atoms with Gasteiger partial charge in [-0.2, -0.15) is 0 Å². The Hall–Kier alpha value is -2.89. The number of nitrogens with one attached hydrogen (secondary N) is 1. The molecular weight excluding hydrogens is 328 g/mol. The Kier molecular flexibility index (Phi) is 4.56. The van der Waals surface area contributed by atoms with E-state index in [0.717, 1.165) is 36.2 Å². The topological polar surface area (TPSA) is 71.0 Å². The number of carbonyl (C=O) groups excluding carboxylic acids is 1. The molecule has 1 aliphatic rings. The predicted octanol–water partition coefficient (Wildman–Crippen LogP) is 2.52. The SMILES string of the molecule is O=C(CCn1ccccc1=O)N1CCC[C@H](c2nc3ccccc3[nH]2)C1. The van der Waals surface area contributed by atoms with Crippen molar-refractivity contribution >= 4 is 16.9 Å². The van der Waals surface area contributed by atoms with Crippen molar-refractivity contribution in [1.82, 2.24) is 19.4 Å². The van der Waals surface area contributed by atoms with Gasteiger partial charge in [-0.1, -0.05) is 18.2 Å². The summed E-state index contributed by atoms with van der Waals surface area (Å²) in [4.78, 5) is 34.4. The quantitative estimate of drug-likeness (QED) is 0.786. The second kappa shape index (κ2) is 7.15. The van der Waals surface area contributed by atoms with E-state index in [2.05, 4.69) is 4.98 Å². The number of aromatic amines is 1. The van der Waals surface area contributed by atoms with Gasteiger partial charge in [-0.3, -0.25) is 9.59 Å². The fourth-order valence-corrected chi connectivity index (χ4v) is 3.61. The molecule has 4 rings (SSSR count). The Morgan fingerprint density at radius 1 is 1.19 bits per heavy atom. The van der Waals surface area contributed by atoms with Crippen molar-refractivity contribution in [3.05, 3.63) is 64.8 Å². The standard InChI is InChI=1S/C20H22N4O2/c25-18-9-3-4-11-23(18)13-10-19(26)24-12-5-6-15(14-24)20-21-16-7-1-2-8-17(16)22-20/h1-4,7-9,11,15H,5-6,10,12-14H2,(H,21,22)/t15-/m0/s1. The van der Waals surface area contributed by atoms with Crippen molar-refractivity contribution in [3.63, 3.8) is 0 Å². The third kappa shape index (κ3) is 3.40. The number of pyridine rings is 1. The molecule has 2 aromatic heterocycles. The molecule has 0 unspecified atom stereocenters. The lowest BCUT2D eigenvalue weighted by atomic mass is 9.97. The van der Waals surface area contributed by atoms with Crippen LogP contribution in [0, 0.1) is 0 Å². The summed E-state index contributed by atoms with van der Waals surface area (Å²) in [5, 5.41) is 0. The summed E-state index contributed by atoms with van der Waals surface area (Å²) in [5.41, 5.74) is 1.93. The molecule has 1 aliphatic heterocycles. The Labute approximate surface area is 151 Å². The highest BCUT2D eigenvalue weighted by Gasteiger charge is 2.26. The van der Waals surface area contributed by atoms with E-state index in [1.807, 2.05) is 35.2 Å². The maximum Gasteiger partial charge on any atom is 0.250 e. The zero-order valence-corrected chi connectivity index (χ0v) is 14.6. The zero-order valence-electron chi connectivity index (χ0n) is 14.6. The summed E-state index contributed by atoms with van der Waals surface area (Å²) in [5.74, 6) is 1.30. The van der Waals surface area contributed by atoms with Gasteiger partial charge in [0.2, 0.25) is 5.91 Å². The smallest absolute Gasteiger partial charge is 0.250 e. The fraction of sp³-hybridized carbons (Fsp3) is 0.350. The second-order valence-corrected chi connectivity index (χ2v) is 6.80. The molecule has 0 aliphatic carbocycles. The van der Waals surface area contributed by atoms with Crippen LogP contribution in [0.15, 0.2) is 53.5 Å². The first-order valence-corrected chi connectivity index (χ1v) is 9.08. The third-order valence-corrected chi connectivity index (χ3v) is 5.03. The Morgan fingerprint density at radius 3 is 2.88 bits per heavy atom. The average Bonchev–Trinajstić information content (AvgIpc) is 3.11.